The number of fused-ring (bicyclic) bond motifs is 8. The lowest BCUT2D eigenvalue weighted by Gasteiger charge is -2.16. The van der Waals surface area contributed by atoms with Crippen molar-refractivity contribution in [1.82, 2.24) is 19.9 Å². The number of hydrogen-bond donors (Lipinski definition) is 3. The lowest BCUT2D eigenvalue weighted by molar-refractivity contribution is -0.140. The fourth-order valence-corrected chi connectivity index (χ4v) is 6.42. The van der Waals surface area contributed by atoms with E-state index in [1.54, 1.807) is 0 Å². The quantitative estimate of drug-likeness (QED) is 0.266. The average molecular weight is 567 g/mol. The first kappa shape index (κ1) is 29.0. The number of ether oxygens (including phenoxy) is 1. The molecule has 5 rings (SSSR count). The largest absolute Gasteiger partial charge is 0.478 e. The van der Waals surface area contributed by atoms with Crippen molar-refractivity contribution >= 4 is 45.2 Å². The molecule has 42 heavy (non-hydrogen) atoms. The number of nitrogens with one attached hydrogen (secondary N) is 2. The Morgan fingerprint density at radius 2 is 1.71 bits per heavy atom. The van der Waals surface area contributed by atoms with Crippen LogP contribution in [0.2, 0.25) is 0 Å². The fourth-order valence-electron chi connectivity index (χ4n) is 6.42. The van der Waals surface area contributed by atoms with Crippen LogP contribution in [0.4, 0.5) is 0 Å². The third-order valence-corrected chi connectivity index (χ3v) is 8.99. The minimum atomic E-state index is -1.00. The standard InChI is InChI=1S/C34H38N4O4/c1-9-21-16(3)24-13-26-18(5)23(11-12-30(39)42-8)32(37-26)20(7)33-31(34(40)41)19(6)27(38-33)15-29-22(10-2)17(4)25(36-29)14-28(21)35-24/h9,13-15,18,23,36,38H,1,10-12H2,2-8H3,(H,40,41)/t18-,23-/m0/s1. The van der Waals surface area contributed by atoms with Gasteiger partial charge in [0.1, 0.15) is 0 Å². The van der Waals surface area contributed by atoms with Crippen LogP contribution in [0.1, 0.15) is 101 Å². The molecule has 0 saturated carbocycles. The maximum atomic E-state index is 12.6. The van der Waals surface area contributed by atoms with E-state index in [-0.39, 0.29) is 29.8 Å². The molecule has 8 nitrogen and oxygen atoms in total. The zero-order valence-electron chi connectivity index (χ0n) is 25.4. The molecule has 0 amide bonds. The molecular weight excluding hydrogens is 528 g/mol. The summed E-state index contributed by atoms with van der Waals surface area (Å²) in [7, 11) is 1.39. The number of esters is 1. The molecule has 3 aromatic heterocycles. The van der Waals surface area contributed by atoms with E-state index in [1.807, 2.05) is 39.0 Å². The van der Waals surface area contributed by atoms with Crippen molar-refractivity contribution in [3.63, 3.8) is 0 Å². The van der Waals surface area contributed by atoms with Gasteiger partial charge in [-0.25, -0.2) is 9.78 Å². The smallest absolute Gasteiger partial charge is 0.338 e. The number of carbonyl (C=O) groups excluding carboxylic acids is 1. The minimum absolute atomic E-state index is 0.0266. The summed E-state index contributed by atoms with van der Waals surface area (Å²) in [5.41, 5.74) is 12.3. The maximum Gasteiger partial charge on any atom is 0.338 e. The second-order valence-electron chi connectivity index (χ2n) is 11.2. The van der Waals surface area contributed by atoms with Gasteiger partial charge in [-0.05, 0) is 86.6 Å². The highest BCUT2D eigenvalue weighted by atomic mass is 16.5. The van der Waals surface area contributed by atoms with Gasteiger partial charge in [0, 0.05) is 51.8 Å². The molecule has 218 valence electrons. The Balaban J connectivity index is 1.96. The van der Waals surface area contributed by atoms with Crippen molar-refractivity contribution in [2.45, 2.75) is 72.6 Å². The van der Waals surface area contributed by atoms with E-state index in [0.717, 1.165) is 73.6 Å². The van der Waals surface area contributed by atoms with E-state index in [9.17, 15) is 14.7 Å². The van der Waals surface area contributed by atoms with Gasteiger partial charge in [-0.1, -0.05) is 26.5 Å². The molecule has 0 aliphatic carbocycles. The van der Waals surface area contributed by atoms with E-state index >= 15 is 0 Å². The van der Waals surface area contributed by atoms with Crippen molar-refractivity contribution < 1.29 is 19.4 Å². The second kappa shape index (κ2) is 11.1. The highest BCUT2D eigenvalue weighted by Gasteiger charge is 2.32. The number of carboxylic acids is 1. The number of methoxy groups -OCH3 is 1. The molecule has 8 heteroatoms. The molecule has 2 aliphatic heterocycles. The molecule has 2 atom stereocenters. The lowest BCUT2D eigenvalue weighted by atomic mass is 9.85. The summed E-state index contributed by atoms with van der Waals surface area (Å²) in [5.74, 6) is -1.42. The van der Waals surface area contributed by atoms with Gasteiger partial charge in [-0.15, -0.1) is 0 Å². The van der Waals surface area contributed by atoms with E-state index in [4.69, 9.17) is 14.7 Å². The molecule has 8 bridgehead atoms. The summed E-state index contributed by atoms with van der Waals surface area (Å²) in [6.07, 6.45) is 3.41. The van der Waals surface area contributed by atoms with E-state index in [0.29, 0.717) is 17.5 Å². The molecule has 0 saturated heterocycles. The number of aromatic carboxylic acids is 1. The van der Waals surface area contributed by atoms with Crippen molar-refractivity contribution in [3.05, 3.63) is 81.4 Å². The highest BCUT2D eigenvalue weighted by molar-refractivity contribution is 6.02. The minimum Gasteiger partial charge on any atom is -0.478 e. The van der Waals surface area contributed by atoms with Gasteiger partial charge in [0.15, 0.2) is 0 Å². The van der Waals surface area contributed by atoms with Crippen LogP contribution in [-0.2, 0) is 16.0 Å². The topological polar surface area (TPSA) is 121 Å². The summed E-state index contributed by atoms with van der Waals surface area (Å²) in [6.45, 7) is 16.2. The number of carbonyl (C=O) groups is 2. The third kappa shape index (κ3) is 4.74. The van der Waals surface area contributed by atoms with E-state index in [1.165, 1.54) is 7.11 Å². The Bertz CT molecular complexity index is 1840. The molecule has 0 aromatic carbocycles. The van der Waals surface area contributed by atoms with Crippen LogP contribution in [0.25, 0.3) is 33.2 Å². The molecular formula is C34H38N4O4. The normalized spacial score (nSPS) is 16.5. The van der Waals surface area contributed by atoms with Crippen LogP contribution in [0.3, 0.4) is 0 Å². The molecule has 0 radical (unpaired) electrons. The Morgan fingerprint density at radius 3 is 2.36 bits per heavy atom. The summed E-state index contributed by atoms with van der Waals surface area (Å²) in [6, 6.07) is 6.07. The average Bonchev–Trinajstić information content (AvgIpc) is 3.64. The second-order valence-corrected chi connectivity index (χ2v) is 11.2. The van der Waals surface area contributed by atoms with E-state index < -0.39 is 5.97 Å². The third-order valence-electron chi connectivity index (χ3n) is 8.99. The van der Waals surface area contributed by atoms with Crippen molar-refractivity contribution in [2.75, 3.05) is 7.11 Å². The van der Waals surface area contributed by atoms with Gasteiger partial charge in [0.25, 0.3) is 0 Å². The van der Waals surface area contributed by atoms with Gasteiger partial charge in [-0.2, -0.15) is 0 Å². The van der Waals surface area contributed by atoms with Crippen molar-refractivity contribution in [2.24, 2.45) is 0 Å². The Morgan fingerprint density at radius 1 is 1.00 bits per heavy atom. The predicted octanol–water partition coefficient (Wildman–Crippen LogP) is 7.46. The Hall–Kier alpha value is -4.46. The SMILES string of the molecule is C=CC1=C(C)c2cc3nc(c(C)c4[nH]c(cc5[nH]c(cc1n2)c(C)c5CC)c(C)c4C(=O)O)[C@@H](CCC(=O)OC)[C@@H]3C. The molecule has 0 fully saturated rings. The fraction of sp³-hybridized carbons (Fsp3) is 0.353. The molecule has 5 heterocycles. The zero-order valence-corrected chi connectivity index (χ0v) is 25.4. The number of allylic oxidation sites excluding steroid dienone is 3. The molecule has 3 N–H and O–H groups in total. The first-order valence-corrected chi connectivity index (χ1v) is 14.4. The Labute approximate surface area is 245 Å². The molecule has 0 unspecified atom stereocenters. The van der Waals surface area contributed by atoms with Crippen LogP contribution < -0.4 is 0 Å². The van der Waals surface area contributed by atoms with Crippen molar-refractivity contribution in [3.8, 4) is 0 Å². The number of aromatic nitrogens is 4. The predicted molar refractivity (Wildman–Crippen MR) is 167 cm³/mol. The van der Waals surface area contributed by atoms with Gasteiger partial charge >= 0.3 is 11.9 Å². The maximum absolute atomic E-state index is 12.6. The number of aryl methyl sites for hydroxylation is 4. The summed E-state index contributed by atoms with van der Waals surface area (Å²) >= 11 is 0. The first-order chi connectivity index (χ1) is 20.0. The number of carboxylic acid groups (broad SMARTS) is 1. The van der Waals surface area contributed by atoms with Gasteiger partial charge < -0.3 is 19.8 Å². The molecule has 2 aliphatic rings. The zero-order chi connectivity index (χ0) is 30.5. The number of rotatable bonds is 6. The van der Waals surface area contributed by atoms with Gasteiger partial charge in [-0.3, -0.25) is 9.78 Å². The highest BCUT2D eigenvalue weighted by Crippen LogP contribution is 2.42. The van der Waals surface area contributed by atoms with Crippen LogP contribution in [0.15, 0.2) is 30.9 Å². The number of aromatic amines is 2. The summed E-state index contributed by atoms with van der Waals surface area (Å²) in [4.78, 5) is 41.9. The first-order valence-electron chi connectivity index (χ1n) is 14.4. The molecule has 0 spiro atoms. The number of nitrogens with zero attached hydrogens (tertiary/aromatic N) is 2. The van der Waals surface area contributed by atoms with Crippen LogP contribution in [0, 0.1) is 20.8 Å². The Kier molecular flexibility index (Phi) is 7.66. The van der Waals surface area contributed by atoms with E-state index in [2.05, 4.69) is 43.4 Å². The summed E-state index contributed by atoms with van der Waals surface area (Å²) < 4.78 is 4.93. The van der Waals surface area contributed by atoms with Gasteiger partial charge in [0.05, 0.1) is 29.6 Å². The van der Waals surface area contributed by atoms with Crippen LogP contribution in [-0.4, -0.2) is 44.1 Å². The summed E-state index contributed by atoms with van der Waals surface area (Å²) in [5, 5.41) is 10.3. The van der Waals surface area contributed by atoms with Crippen LogP contribution >= 0.6 is 0 Å². The van der Waals surface area contributed by atoms with Gasteiger partial charge in [0.2, 0.25) is 0 Å². The van der Waals surface area contributed by atoms with Crippen molar-refractivity contribution in [1.29, 1.82) is 0 Å². The lowest BCUT2D eigenvalue weighted by Crippen LogP contribution is -2.08. The van der Waals surface area contributed by atoms with Crippen LogP contribution in [0.5, 0.6) is 0 Å². The number of hydrogen-bond acceptors (Lipinski definition) is 5. The number of H-pyrrole nitrogens is 2. The monoisotopic (exact) mass is 566 g/mol. The molecule has 3 aromatic rings.